The van der Waals surface area contributed by atoms with Crippen LogP contribution in [-0.2, 0) is 56.0 Å². The first-order valence-electron chi connectivity index (χ1n) is 22.5. The number of aromatic nitrogens is 2. The third-order valence-corrected chi connectivity index (χ3v) is 12.1. The highest BCUT2D eigenvalue weighted by Gasteiger charge is 2.47. The molecule has 0 atom stereocenters. The van der Waals surface area contributed by atoms with E-state index in [4.69, 9.17) is 0 Å². The van der Waals surface area contributed by atoms with Crippen molar-refractivity contribution in [2.75, 3.05) is 0 Å². The van der Waals surface area contributed by atoms with Crippen molar-refractivity contribution in [3.63, 3.8) is 0 Å². The average molecular weight is 1190 g/mol. The molecule has 434 valence electrons. The van der Waals surface area contributed by atoms with Crippen molar-refractivity contribution < 1.29 is 120 Å². The molecule has 6 aromatic carbocycles. The summed E-state index contributed by atoms with van der Waals surface area (Å²) >= 11 is 0. The van der Waals surface area contributed by atoms with Gasteiger partial charge in [0.05, 0.1) is 50.7 Å². The number of nitrogens with zero attached hydrogens (tertiary/aromatic N) is 2. The Balaban J connectivity index is 0.000000357. The molecule has 82 heavy (non-hydrogen) atoms. The third kappa shape index (κ3) is 15.0. The van der Waals surface area contributed by atoms with Crippen LogP contribution in [0.2, 0.25) is 0 Å². The van der Waals surface area contributed by atoms with Crippen LogP contribution < -0.4 is 26.4 Å². The number of hydrogen-bond acceptors (Lipinski definition) is 3. The number of rotatable bonds is 10. The second-order valence-corrected chi connectivity index (χ2v) is 17.7. The van der Waals surface area contributed by atoms with E-state index in [-0.39, 0.29) is 18.1 Å². The average Bonchev–Trinajstić information content (AvgIpc) is 3.55. The van der Waals surface area contributed by atoms with Gasteiger partial charge in [0.25, 0.3) is 0 Å². The maximum Gasteiger partial charge on any atom is 0.416 e. The molecular weight excluding hydrogens is 1160 g/mol. The van der Waals surface area contributed by atoms with Gasteiger partial charge in [-0.05, 0) is 35.9 Å². The molecule has 0 N–H and O–H groups in total. The maximum absolute atomic E-state index is 14.2. The molecule has 0 aliphatic carbocycles. The normalized spacial score (nSPS) is 13.2. The van der Waals surface area contributed by atoms with E-state index in [1.807, 2.05) is 48.5 Å². The maximum atomic E-state index is 14.2. The minimum Gasteiger partial charge on any atom is -0.287 e. The largest absolute Gasteiger partial charge is 0.416 e. The van der Waals surface area contributed by atoms with Crippen LogP contribution in [0.4, 0.5) is 105 Å². The lowest BCUT2D eigenvalue weighted by Crippen LogP contribution is -2.75. The summed E-state index contributed by atoms with van der Waals surface area (Å²) in [6.45, 7) is 0.162. The summed E-state index contributed by atoms with van der Waals surface area (Å²) in [7, 11) is 0. The van der Waals surface area contributed by atoms with Gasteiger partial charge in [-0.1, -0.05) is 115 Å². The van der Waals surface area contributed by atoms with Crippen LogP contribution in [0.25, 0.3) is 6.08 Å². The number of Topliss-reactive ketones (excluding diaryl/α,β-unsaturated/α-hetero) is 1. The van der Waals surface area contributed by atoms with Gasteiger partial charge in [-0.3, -0.25) is 9.59 Å². The highest BCUT2D eigenvalue weighted by atomic mass is 19.4. The Morgan fingerprint density at radius 2 is 0.683 bits per heavy atom. The van der Waals surface area contributed by atoms with Gasteiger partial charge < -0.3 is 0 Å². The second-order valence-electron chi connectivity index (χ2n) is 17.7. The van der Waals surface area contributed by atoms with Crippen LogP contribution in [0.5, 0.6) is 0 Å². The molecule has 0 bridgehead atoms. The van der Waals surface area contributed by atoms with Gasteiger partial charge in [0, 0.05) is 5.56 Å². The Morgan fingerprint density at radius 3 is 0.963 bits per heavy atom. The fraction of sp³-hybridized carbons (Fsp3) is 0.170. The molecule has 0 spiro atoms. The van der Waals surface area contributed by atoms with E-state index in [0.29, 0.717) is 11.3 Å². The molecule has 1 aromatic heterocycles. The monoisotopic (exact) mass is 1190 g/mol. The minimum absolute atomic E-state index is 0.0185. The lowest BCUT2D eigenvalue weighted by Gasteiger charge is -2.46. The predicted octanol–water partition coefficient (Wildman–Crippen LogP) is 14.4. The van der Waals surface area contributed by atoms with Gasteiger partial charge >= 0.3 is 49.4 Å². The van der Waals surface area contributed by atoms with Crippen LogP contribution in [0, 0.1) is 0 Å². The third-order valence-electron chi connectivity index (χ3n) is 12.1. The number of hydrogen-bond donors (Lipinski definition) is 0. The Bertz CT molecular complexity index is 3050. The standard InChI is InChI=1S/C32H12BF24.C21H17N2O2/c34-25(35,36)13-1-14(26(37,38)39)6-21(5-13)33(22-7-15(27(40,41)42)2-16(8-22)28(43,44)45,23-9-17(29(46,47)48)3-18(10-23)30(49,50)51)24-11-19(31(52,53)54)4-20(12-24)32(55,56)57;24-20(12-11-17-7-3-1-4-8-17)19-15-23(14-13-22-19)16-21(25)18-9-5-2-6-10-18/h1-12H;1-15H,16H2/q-1;+1. The van der Waals surface area contributed by atoms with Crippen LogP contribution in [0.3, 0.4) is 0 Å². The number of alkyl halides is 24. The molecule has 0 aliphatic rings. The molecule has 7 rings (SSSR count). The number of benzene rings is 6. The first-order chi connectivity index (χ1) is 37.5. The van der Waals surface area contributed by atoms with E-state index in [0.717, 1.165) is 5.56 Å². The van der Waals surface area contributed by atoms with E-state index in [2.05, 4.69) is 4.98 Å². The van der Waals surface area contributed by atoms with Crippen LogP contribution in [0.1, 0.15) is 70.9 Å². The predicted molar refractivity (Wildman–Crippen MR) is 245 cm³/mol. The van der Waals surface area contributed by atoms with E-state index in [1.54, 1.807) is 35.2 Å². The highest BCUT2D eigenvalue weighted by molar-refractivity contribution is 7.20. The quantitative estimate of drug-likeness (QED) is 0.0451. The summed E-state index contributed by atoms with van der Waals surface area (Å²) in [5.41, 5.74) is -28.3. The van der Waals surface area contributed by atoms with Crippen molar-refractivity contribution in [2.24, 2.45) is 0 Å². The van der Waals surface area contributed by atoms with E-state index < -0.39 is 195 Å². The van der Waals surface area contributed by atoms with Gasteiger partial charge in [0.15, 0.2) is 18.1 Å². The van der Waals surface area contributed by atoms with Crippen molar-refractivity contribution in [3.8, 4) is 0 Å². The molecule has 29 heteroatoms. The number of carbonyl (C=O) groups excluding carboxylic acids is 2. The fourth-order valence-corrected chi connectivity index (χ4v) is 8.43. The zero-order chi connectivity index (χ0) is 61.4. The summed E-state index contributed by atoms with van der Waals surface area (Å²) in [6, 6.07) is 9.84. The van der Waals surface area contributed by atoms with Crippen molar-refractivity contribution in [3.05, 3.63) is 219 Å². The topological polar surface area (TPSA) is 50.9 Å². The number of halogens is 24. The zero-order valence-corrected chi connectivity index (χ0v) is 40.2. The lowest BCUT2D eigenvalue weighted by molar-refractivity contribution is -0.683. The molecule has 0 saturated heterocycles. The molecule has 4 nitrogen and oxygen atoms in total. The Morgan fingerprint density at radius 1 is 0.402 bits per heavy atom. The molecule has 0 fully saturated rings. The number of allylic oxidation sites excluding steroid dienone is 1. The Labute approximate surface area is 444 Å². The smallest absolute Gasteiger partial charge is 0.287 e. The molecule has 0 saturated carbocycles. The highest BCUT2D eigenvalue weighted by Crippen LogP contribution is 2.41. The van der Waals surface area contributed by atoms with Gasteiger partial charge in [-0.15, -0.1) is 0 Å². The minimum atomic E-state index is -6.13. The molecule has 7 aromatic rings. The SMILES string of the molecule is FC(F)(F)c1cc([B-](c2cc(C(F)(F)F)cc(C(F)(F)F)c2)(c2cc(C(F)(F)F)cc(C(F)(F)F)c2)c2cc(C(F)(F)F)cc(C(F)(F)F)c2)cc(C(F)(F)F)c1.O=C(C[n+]1ccnc(C(=O)C=Cc2ccccc2)c1)c1ccccc1. The van der Waals surface area contributed by atoms with Crippen LogP contribution >= 0.6 is 0 Å². The van der Waals surface area contributed by atoms with E-state index in [1.165, 1.54) is 12.3 Å². The van der Waals surface area contributed by atoms with E-state index in [9.17, 15) is 115 Å². The molecule has 0 amide bonds. The fourth-order valence-electron chi connectivity index (χ4n) is 8.43. The van der Waals surface area contributed by atoms with Crippen LogP contribution in [-0.4, -0.2) is 22.7 Å². The lowest BCUT2D eigenvalue weighted by atomic mass is 9.12. The van der Waals surface area contributed by atoms with Gasteiger partial charge in [0.1, 0.15) is 6.15 Å². The van der Waals surface area contributed by atoms with Crippen molar-refractivity contribution in [1.82, 2.24) is 4.98 Å². The van der Waals surface area contributed by atoms with Gasteiger partial charge in [-0.25, -0.2) is 4.98 Å². The summed E-state index contributed by atoms with van der Waals surface area (Å²) in [4.78, 5) is 28.6. The van der Waals surface area contributed by atoms with Gasteiger partial charge in [-0.2, -0.15) is 132 Å². The van der Waals surface area contributed by atoms with Crippen molar-refractivity contribution in [1.29, 1.82) is 0 Å². The second kappa shape index (κ2) is 22.7. The molecule has 0 unspecified atom stereocenters. The van der Waals surface area contributed by atoms with Gasteiger partial charge in [0.2, 0.25) is 18.1 Å². The number of carbonyl (C=O) groups is 2. The summed E-state index contributed by atoms with van der Waals surface area (Å²) in [5.74, 6) is -0.222. The molecular formula is C53H29BF24N2O2. The number of ketones is 2. The Kier molecular flexibility index (Phi) is 17.4. The molecule has 0 radical (unpaired) electrons. The van der Waals surface area contributed by atoms with Crippen molar-refractivity contribution in [2.45, 2.75) is 56.0 Å². The summed E-state index contributed by atoms with van der Waals surface area (Å²) in [6.07, 6.45) is -46.8. The van der Waals surface area contributed by atoms with E-state index >= 15 is 0 Å². The van der Waals surface area contributed by atoms with Crippen molar-refractivity contribution >= 4 is 45.6 Å². The summed E-state index contributed by atoms with van der Waals surface area (Å²) < 4.78 is 342. The first-order valence-corrected chi connectivity index (χ1v) is 22.5. The van der Waals surface area contributed by atoms with Crippen LogP contribution in [0.15, 0.2) is 158 Å². The zero-order valence-electron chi connectivity index (χ0n) is 40.2. The Hall–Kier alpha value is -8.14. The molecule has 0 aliphatic heterocycles. The summed E-state index contributed by atoms with van der Waals surface area (Å²) in [5, 5.41) is 0. The first kappa shape index (κ1) is 63.1. The molecule has 1 heterocycles.